The maximum Gasteiger partial charge on any atom is 0.251 e. The third kappa shape index (κ3) is 4.07. The Balaban J connectivity index is 1.63. The van der Waals surface area contributed by atoms with Gasteiger partial charge in [0.05, 0.1) is 5.60 Å². The van der Waals surface area contributed by atoms with Gasteiger partial charge in [0.1, 0.15) is 11.5 Å². The summed E-state index contributed by atoms with van der Waals surface area (Å²) in [5, 5.41) is 13.1. The minimum Gasteiger partial charge on any atom is -0.457 e. The Morgan fingerprint density at radius 1 is 1.17 bits per heavy atom. The average Bonchev–Trinajstić information content (AvgIpc) is 3.01. The van der Waals surface area contributed by atoms with Crippen molar-refractivity contribution < 1.29 is 14.6 Å². The fourth-order valence-corrected chi connectivity index (χ4v) is 2.80. The second-order valence-corrected chi connectivity index (χ2v) is 5.93. The van der Waals surface area contributed by atoms with E-state index in [0.717, 1.165) is 25.7 Å². The predicted molar refractivity (Wildman–Crippen MR) is 86.5 cm³/mol. The third-order valence-corrected chi connectivity index (χ3v) is 4.09. The molecule has 3 rings (SSSR count). The van der Waals surface area contributed by atoms with Crippen molar-refractivity contribution in [1.29, 1.82) is 0 Å². The van der Waals surface area contributed by atoms with Crippen LogP contribution in [0.5, 0.6) is 11.5 Å². The summed E-state index contributed by atoms with van der Waals surface area (Å²) in [6.45, 7) is 0.293. The first kappa shape index (κ1) is 15.5. The van der Waals surface area contributed by atoms with Gasteiger partial charge in [-0.1, -0.05) is 18.9 Å². The quantitative estimate of drug-likeness (QED) is 0.890. The second-order valence-electron chi connectivity index (χ2n) is 5.93. The number of hydrogen-bond acceptors (Lipinski definition) is 4. The van der Waals surface area contributed by atoms with Gasteiger partial charge in [-0.05, 0) is 43.2 Å². The molecule has 1 saturated carbocycles. The summed E-state index contributed by atoms with van der Waals surface area (Å²) in [6.07, 6.45) is 6.82. The van der Waals surface area contributed by atoms with Gasteiger partial charge in [-0.25, -0.2) is 0 Å². The normalized spacial score (nSPS) is 16.0. The summed E-state index contributed by atoms with van der Waals surface area (Å²) >= 11 is 0. The maximum absolute atomic E-state index is 12.3. The highest BCUT2D eigenvalue weighted by molar-refractivity contribution is 5.94. The number of carbonyl (C=O) groups excluding carboxylic acids is 1. The zero-order chi connectivity index (χ0) is 16.1. The first-order valence-electron chi connectivity index (χ1n) is 7.83. The Morgan fingerprint density at radius 2 is 1.91 bits per heavy atom. The summed E-state index contributed by atoms with van der Waals surface area (Å²) in [7, 11) is 0. The number of aliphatic hydroxyl groups is 1. The molecule has 1 amide bonds. The molecule has 1 aromatic heterocycles. The molecule has 5 nitrogen and oxygen atoms in total. The number of nitrogens with one attached hydrogen (secondary N) is 1. The second kappa shape index (κ2) is 6.79. The summed E-state index contributed by atoms with van der Waals surface area (Å²) in [6, 6.07) is 10.5. The molecule has 1 aliphatic carbocycles. The SMILES string of the molecule is O=C(NCC1(O)CCCC1)c1cccc(Oc2ccncc2)c1. The van der Waals surface area contributed by atoms with Crippen molar-refractivity contribution >= 4 is 5.91 Å². The minimum absolute atomic E-state index is 0.203. The van der Waals surface area contributed by atoms with E-state index in [1.165, 1.54) is 0 Å². The highest BCUT2D eigenvalue weighted by Crippen LogP contribution is 2.28. The smallest absolute Gasteiger partial charge is 0.251 e. The Labute approximate surface area is 135 Å². The van der Waals surface area contributed by atoms with Gasteiger partial charge in [0.25, 0.3) is 5.91 Å². The third-order valence-electron chi connectivity index (χ3n) is 4.09. The topological polar surface area (TPSA) is 71.5 Å². The Morgan fingerprint density at radius 3 is 2.65 bits per heavy atom. The van der Waals surface area contributed by atoms with E-state index in [0.29, 0.717) is 23.6 Å². The highest BCUT2D eigenvalue weighted by atomic mass is 16.5. The van der Waals surface area contributed by atoms with E-state index in [9.17, 15) is 9.90 Å². The van der Waals surface area contributed by atoms with Crippen molar-refractivity contribution in [3.05, 3.63) is 54.4 Å². The fraction of sp³-hybridized carbons (Fsp3) is 0.333. The van der Waals surface area contributed by atoms with Crippen LogP contribution >= 0.6 is 0 Å². The van der Waals surface area contributed by atoms with E-state index in [4.69, 9.17) is 4.74 Å². The van der Waals surface area contributed by atoms with E-state index in [-0.39, 0.29) is 5.91 Å². The molecule has 2 N–H and O–H groups in total. The Bertz CT molecular complexity index is 667. The first-order chi connectivity index (χ1) is 11.1. The lowest BCUT2D eigenvalue weighted by atomic mass is 10.0. The summed E-state index contributed by atoms with van der Waals surface area (Å²) in [5.74, 6) is 1.05. The zero-order valence-corrected chi connectivity index (χ0v) is 12.9. The number of nitrogens with zero attached hydrogens (tertiary/aromatic N) is 1. The molecule has 1 fully saturated rings. The van der Waals surface area contributed by atoms with E-state index in [2.05, 4.69) is 10.3 Å². The van der Waals surface area contributed by atoms with E-state index in [1.54, 1.807) is 48.8 Å². The van der Waals surface area contributed by atoms with Crippen LogP contribution in [0.25, 0.3) is 0 Å². The molecule has 0 atom stereocenters. The van der Waals surface area contributed by atoms with Crippen LogP contribution in [0.2, 0.25) is 0 Å². The average molecular weight is 312 g/mol. The highest BCUT2D eigenvalue weighted by Gasteiger charge is 2.31. The molecule has 1 aromatic carbocycles. The van der Waals surface area contributed by atoms with Gasteiger partial charge >= 0.3 is 0 Å². The summed E-state index contributed by atoms with van der Waals surface area (Å²) in [4.78, 5) is 16.2. The number of ether oxygens (including phenoxy) is 1. The van der Waals surface area contributed by atoms with Crippen molar-refractivity contribution in [3.63, 3.8) is 0 Å². The van der Waals surface area contributed by atoms with E-state index in [1.807, 2.05) is 0 Å². The van der Waals surface area contributed by atoms with Crippen LogP contribution in [0.15, 0.2) is 48.8 Å². The largest absolute Gasteiger partial charge is 0.457 e. The number of pyridine rings is 1. The lowest BCUT2D eigenvalue weighted by Gasteiger charge is -2.22. The maximum atomic E-state index is 12.3. The van der Waals surface area contributed by atoms with Gasteiger partial charge in [-0.15, -0.1) is 0 Å². The van der Waals surface area contributed by atoms with Gasteiger partial charge in [0, 0.05) is 24.5 Å². The lowest BCUT2D eigenvalue weighted by Crippen LogP contribution is -2.40. The predicted octanol–water partition coefficient (Wildman–Crippen LogP) is 2.91. The van der Waals surface area contributed by atoms with Crippen molar-refractivity contribution in [3.8, 4) is 11.5 Å². The van der Waals surface area contributed by atoms with Crippen LogP contribution < -0.4 is 10.1 Å². The van der Waals surface area contributed by atoms with Crippen LogP contribution in [0.3, 0.4) is 0 Å². The molecule has 0 radical (unpaired) electrons. The van der Waals surface area contributed by atoms with Crippen LogP contribution in [0.1, 0.15) is 36.0 Å². The summed E-state index contributed by atoms with van der Waals surface area (Å²) < 4.78 is 5.70. The molecule has 120 valence electrons. The van der Waals surface area contributed by atoms with Gasteiger partial charge in [-0.2, -0.15) is 0 Å². The molecule has 1 aliphatic rings. The van der Waals surface area contributed by atoms with Crippen LogP contribution in [0.4, 0.5) is 0 Å². The number of aromatic nitrogens is 1. The van der Waals surface area contributed by atoms with Gasteiger partial charge < -0.3 is 15.2 Å². The number of carbonyl (C=O) groups is 1. The van der Waals surface area contributed by atoms with Crippen LogP contribution in [-0.4, -0.2) is 28.1 Å². The lowest BCUT2D eigenvalue weighted by molar-refractivity contribution is 0.0449. The van der Waals surface area contributed by atoms with Gasteiger partial charge in [-0.3, -0.25) is 9.78 Å². The number of amides is 1. The van der Waals surface area contributed by atoms with E-state index >= 15 is 0 Å². The van der Waals surface area contributed by atoms with Crippen molar-refractivity contribution in [2.24, 2.45) is 0 Å². The van der Waals surface area contributed by atoms with Crippen molar-refractivity contribution in [2.75, 3.05) is 6.54 Å². The van der Waals surface area contributed by atoms with E-state index < -0.39 is 5.60 Å². The monoisotopic (exact) mass is 312 g/mol. The standard InChI is InChI=1S/C18H20N2O3/c21-17(20-13-18(22)8-1-2-9-18)14-4-3-5-16(12-14)23-15-6-10-19-11-7-15/h3-7,10-12,22H,1-2,8-9,13H2,(H,20,21). The molecule has 0 spiro atoms. The summed E-state index contributed by atoms with van der Waals surface area (Å²) in [5.41, 5.74) is -0.237. The van der Waals surface area contributed by atoms with Gasteiger partial charge in [0.2, 0.25) is 0 Å². The van der Waals surface area contributed by atoms with Crippen molar-refractivity contribution in [2.45, 2.75) is 31.3 Å². The van der Waals surface area contributed by atoms with Crippen LogP contribution in [-0.2, 0) is 0 Å². The molecular weight excluding hydrogens is 292 g/mol. The Hall–Kier alpha value is -2.40. The molecule has 2 aromatic rings. The molecule has 0 aliphatic heterocycles. The molecule has 1 heterocycles. The number of rotatable bonds is 5. The van der Waals surface area contributed by atoms with Crippen molar-refractivity contribution in [1.82, 2.24) is 10.3 Å². The molecule has 23 heavy (non-hydrogen) atoms. The minimum atomic E-state index is -0.749. The molecule has 0 bridgehead atoms. The zero-order valence-electron chi connectivity index (χ0n) is 12.9. The Kier molecular flexibility index (Phi) is 4.57. The molecule has 0 unspecified atom stereocenters. The molecular formula is C18H20N2O3. The van der Waals surface area contributed by atoms with Gasteiger partial charge in [0.15, 0.2) is 0 Å². The van der Waals surface area contributed by atoms with Crippen LogP contribution in [0, 0.1) is 0 Å². The molecule has 0 saturated heterocycles. The fourth-order valence-electron chi connectivity index (χ4n) is 2.80. The number of hydrogen-bond donors (Lipinski definition) is 2. The molecule has 5 heteroatoms. The first-order valence-corrected chi connectivity index (χ1v) is 7.83. The number of benzene rings is 1.